The molecule has 0 N–H and O–H groups in total. The highest BCUT2D eigenvalue weighted by Crippen LogP contribution is 2.56. The van der Waals surface area contributed by atoms with Crippen LogP contribution in [0.25, 0.3) is 32.7 Å². The Balaban J connectivity index is 1.39. The van der Waals surface area contributed by atoms with E-state index in [4.69, 9.17) is 8.85 Å². The molecular weight excluding hydrogens is 629 g/mol. The fourth-order valence-electron chi connectivity index (χ4n) is 6.96. The highest BCUT2D eigenvalue weighted by molar-refractivity contribution is 6.75. The lowest BCUT2D eigenvalue weighted by Crippen LogP contribution is -2.43. The fraction of sp³-hybridized carbons (Fsp3) is 0.289. The summed E-state index contributed by atoms with van der Waals surface area (Å²) >= 11 is 0. The Hall–Kier alpha value is -4.13. The molecule has 1 aliphatic carbocycles. The van der Waals surface area contributed by atoms with Gasteiger partial charge in [0.15, 0.2) is 0 Å². The molecule has 0 fully saturated rings. The monoisotopic (exact) mass is 678 g/mol. The van der Waals surface area contributed by atoms with Gasteiger partial charge in [0, 0.05) is 0 Å². The van der Waals surface area contributed by atoms with Crippen LogP contribution in [0, 0.1) is 0 Å². The highest BCUT2D eigenvalue weighted by atomic mass is 28.4. The number of rotatable bonds is 6. The van der Waals surface area contributed by atoms with E-state index in [0.29, 0.717) is 0 Å². The number of hydrogen-bond acceptors (Lipinski definition) is 2. The molecule has 7 rings (SSSR count). The van der Waals surface area contributed by atoms with Crippen molar-refractivity contribution in [3.8, 4) is 22.6 Å². The second-order valence-corrected chi connectivity index (χ2v) is 26.5. The van der Waals surface area contributed by atoms with Crippen LogP contribution in [-0.4, -0.2) is 16.6 Å². The zero-order valence-electron chi connectivity index (χ0n) is 30.9. The van der Waals surface area contributed by atoms with Gasteiger partial charge in [-0.05, 0) is 128 Å². The minimum Gasteiger partial charge on any atom is -0.543 e. The maximum Gasteiger partial charge on any atom is 0.250 e. The lowest BCUT2D eigenvalue weighted by molar-refractivity contribution is 0.492. The summed E-state index contributed by atoms with van der Waals surface area (Å²) in [4.78, 5) is 0. The molecule has 0 aliphatic heterocycles. The van der Waals surface area contributed by atoms with Gasteiger partial charge in [0.05, 0.1) is 5.41 Å². The van der Waals surface area contributed by atoms with Gasteiger partial charge in [-0.2, -0.15) is 0 Å². The van der Waals surface area contributed by atoms with Crippen molar-refractivity contribution < 1.29 is 8.85 Å². The lowest BCUT2D eigenvalue weighted by Gasteiger charge is -2.36. The van der Waals surface area contributed by atoms with Crippen LogP contribution in [0.15, 0.2) is 121 Å². The smallest absolute Gasteiger partial charge is 0.250 e. The third kappa shape index (κ3) is 5.54. The SMILES string of the molecule is CC(C)(C)[Si](C)(C)Oc1ccc2cc(C3(c4ccc5cc(O[Si](C)(C)C(C)(C)C)ccc5c4)c4ccccc4-c4ccccc43)ccc2c1. The van der Waals surface area contributed by atoms with Crippen molar-refractivity contribution in [2.45, 2.75) is 83.2 Å². The molecule has 4 heteroatoms. The predicted octanol–water partition coefficient (Wildman–Crippen LogP) is 13.1. The van der Waals surface area contributed by atoms with Gasteiger partial charge >= 0.3 is 0 Å². The van der Waals surface area contributed by atoms with Gasteiger partial charge in [-0.1, -0.05) is 126 Å². The van der Waals surface area contributed by atoms with Crippen molar-refractivity contribution in [3.63, 3.8) is 0 Å². The lowest BCUT2D eigenvalue weighted by atomic mass is 9.67. The average molecular weight is 679 g/mol. The molecule has 0 amide bonds. The van der Waals surface area contributed by atoms with Gasteiger partial charge in [0.1, 0.15) is 11.5 Å². The van der Waals surface area contributed by atoms with E-state index < -0.39 is 22.0 Å². The first-order valence-electron chi connectivity index (χ1n) is 17.7. The minimum absolute atomic E-state index is 0.140. The van der Waals surface area contributed by atoms with E-state index >= 15 is 0 Å². The molecule has 0 saturated heterocycles. The summed E-state index contributed by atoms with van der Waals surface area (Å²) in [7, 11) is -3.91. The van der Waals surface area contributed by atoms with E-state index in [-0.39, 0.29) is 10.1 Å². The number of fused-ring (bicyclic) bond motifs is 5. The summed E-state index contributed by atoms with van der Waals surface area (Å²) in [5, 5.41) is 5.11. The van der Waals surface area contributed by atoms with E-state index in [0.717, 1.165) is 11.5 Å². The second-order valence-electron chi connectivity index (χ2n) is 17.0. The highest BCUT2D eigenvalue weighted by Gasteiger charge is 2.46. The molecule has 0 saturated carbocycles. The summed E-state index contributed by atoms with van der Waals surface area (Å²) in [6.45, 7) is 23.0. The predicted molar refractivity (Wildman–Crippen MR) is 214 cm³/mol. The molecule has 0 aromatic heterocycles. The van der Waals surface area contributed by atoms with E-state index in [2.05, 4.69) is 189 Å². The molecule has 0 spiro atoms. The molecule has 0 radical (unpaired) electrons. The van der Waals surface area contributed by atoms with Crippen LogP contribution in [0.3, 0.4) is 0 Å². The first-order chi connectivity index (χ1) is 23.0. The van der Waals surface area contributed by atoms with Crippen molar-refractivity contribution in [1.29, 1.82) is 0 Å². The van der Waals surface area contributed by atoms with Gasteiger partial charge in [-0.15, -0.1) is 0 Å². The summed E-state index contributed by atoms with van der Waals surface area (Å²) in [5.41, 5.74) is 7.32. The summed E-state index contributed by atoms with van der Waals surface area (Å²) < 4.78 is 13.4. The van der Waals surface area contributed by atoms with E-state index in [1.807, 2.05) is 0 Å². The normalized spacial score (nSPS) is 14.5. The van der Waals surface area contributed by atoms with Gasteiger partial charge in [-0.25, -0.2) is 0 Å². The molecule has 0 bridgehead atoms. The Labute approximate surface area is 295 Å². The third-order valence-electron chi connectivity index (χ3n) is 11.8. The van der Waals surface area contributed by atoms with Crippen molar-refractivity contribution >= 4 is 38.2 Å². The Morgan fingerprint density at radius 2 is 0.776 bits per heavy atom. The second kappa shape index (κ2) is 11.5. The van der Waals surface area contributed by atoms with Crippen molar-refractivity contribution in [1.82, 2.24) is 0 Å². The van der Waals surface area contributed by atoms with Gasteiger partial charge in [0.2, 0.25) is 16.6 Å². The van der Waals surface area contributed by atoms with Crippen LogP contribution >= 0.6 is 0 Å². The molecule has 6 aromatic rings. The van der Waals surface area contributed by atoms with Crippen LogP contribution in [0.1, 0.15) is 63.8 Å². The maximum absolute atomic E-state index is 6.71. The molecule has 6 aromatic carbocycles. The van der Waals surface area contributed by atoms with Gasteiger partial charge in [0.25, 0.3) is 0 Å². The Kier molecular flexibility index (Phi) is 7.81. The van der Waals surface area contributed by atoms with Crippen molar-refractivity contribution in [2.75, 3.05) is 0 Å². The van der Waals surface area contributed by atoms with Gasteiger partial charge in [-0.3, -0.25) is 0 Å². The molecule has 0 atom stereocenters. The third-order valence-corrected chi connectivity index (χ3v) is 20.5. The molecule has 250 valence electrons. The summed E-state index contributed by atoms with van der Waals surface area (Å²) in [6.07, 6.45) is 0. The fourth-order valence-corrected chi connectivity index (χ4v) is 9.01. The first kappa shape index (κ1) is 33.4. The summed E-state index contributed by atoms with van der Waals surface area (Å²) in [6, 6.07) is 45.3. The van der Waals surface area contributed by atoms with Crippen LogP contribution in [0.5, 0.6) is 11.5 Å². The van der Waals surface area contributed by atoms with Crippen LogP contribution < -0.4 is 8.85 Å². The molecule has 0 heterocycles. The molecule has 49 heavy (non-hydrogen) atoms. The number of benzene rings is 6. The van der Waals surface area contributed by atoms with Crippen LogP contribution in [-0.2, 0) is 5.41 Å². The summed E-state index contributed by atoms with van der Waals surface area (Å²) in [5.74, 6) is 1.93. The zero-order valence-corrected chi connectivity index (χ0v) is 32.9. The van der Waals surface area contributed by atoms with Crippen molar-refractivity contribution in [3.05, 3.63) is 144 Å². The largest absolute Gasteiger partial charge is 0.543 e. The quantitative estimate of drug-likeness (QED) is 0.163. The van der Waals surface area contributed by atoms with Crippen molar-refractivity contribution in [2.24, 2.45) is 0 Å². The zero-order chi connectivity index (χ0) is 35.0. The maximum atomic E-state index is 6.71. The molecular formula is C45H50O2Si2. The van der Waals surface area contributed by atoms with E-state index in [9.17, 15) is 0 Å². The first-order valence-corrected chi connectivity index (χ1v) is 23.5. The topological polar surface area (TPSA) is 18.5 Å². The minimum atomic E-state index is -1.95. The average Bonchev–Trinajstić information content (AvgIpc) is 3.34. The molecule has 1 aliphatic rings. The van der Waals surface area contributed by atoms with Crippen LogP contribution in [0.2, 0.25) is 36.3 Å². The molecule has 0 unspecified atom stereocenters. The Morgan fingerprint density at radius 1 is 0.429 bits per heavy atom. The standard InChI is InChI=1S/C45H50O2Si2/c1-43(2,3)48(7,8)46-37-25-21-31-27-35(23-19-33(31)29-37)45(41-17-13-11-15-39(41)40-16-12-14-18-42(40)45)36-24-20-34-30-38(26-22-32(34)28-36)47-49(9,10)44(4,5)6/h11-30H,1-10H3. The van der Waals surface area contributed by atoms with Gasteiger partial charge < -0.3 is 8.85 Å². The van der Waals surface area contributed by atoms with E-state index in [1.54, 1.807) is 0 Å². The number of hydrogen-bond donors (Lipinski definition) is 0. The van der Waals surface area contributed by atoms with E-state index in [1.165, 1.54) is 54.9 Å². The Bertz CT molecular complexity index is 2060. The Morgan fingerprint density at radius 3 is 1.16 bits per heavy atom. The molecule has 2 nitrogen and oxygen atoms in total. The van der Waals surface area contributed by atoms with Crippen LogP contribution in [0.4, 0.5) is 0 Å².